The maximum Gasteiger partial charge on any atom is 0.328 e. The fourth-order valence-electron chi connectivity index (χ4n) is 4.33. The van der Waals surface area contributed by atoms with Gasteiger partial charge in [-0.3, -0.25) is 14.3 Å². The summed E-state index contributed by atoms with van der Waals surface area (Å²) in [6.07, 6.45) is 0.393. The van der Waals surface area contributed by atoms with Gasteiger partial charge in [0.2, 0.25) is 0 Å². The number of aryl methyl sites for hydroxylation is 1. The molecule has 4 rings (SSSR count). The first-order valence-electron chi connectivity index (χ1n) is 11.8. The van der Waals surface area contributed by atoms with Gasteiger partial charge in [-0.2, -0.15) is 0 Å². The number of H-pyrrole nitrogens is 1. The van der Waals surface area contributed by atoms with Gasteiger partial charge in [0, 0.05) is 11.8 Å². The van der Waals surface area contributed by atoms with Gasteiger partial charge in [0.15, 0.2) is 0 Å². The highest BCUT2D eigenvalue weighted by molar-refractivity contribution is 5.49. The van der Waals surface area contributed by atoms with Crippen LogP contribution in [-0.2, 0) is 16.9 Å². The quantitative estimate of drug-likeness (QED) is 0.323. The summed E-state index contributed by atoms with van der Waals surface area (Å²) in [7, 11) is 3.21. The van der Waals surface area contributed by atoms with Crippen molar-refractivity contribution in [3.63, 3.8) is 0 Å². The minimum absolute atomic E-state index is 0.0491. The molecule has 192 valence electrons. The fourth-order valence-corrected chi connectivity index (χ4v) is 4.33. The van der Waals surface area contributed by atoms with Gasteiger partial charge >= 0.3 is 5.69 Å². The van der Waals surface area contributed by atoms with E-state index in [0.717, 1.165) is 16.7 Å². The van der Waals surface area contributed by atoms with Crippen LogP contribution in [0.15, 0.2) is 94.6 Å². The Balaban J connectivity index is 1.77. The van der Waals surface area contributed by atoms with E-state index in [0.29, 0.717) is 17.1 Å². The lowest BCUT2D eigenvalue weighted by Crippen LogP contribution is -2.39. The maximum atomic E-state index is 12.2. The summed E-state index contributed by atoms with van der Waals surface area (Å²) in [6, 6.07) is 24.9. The van der Waals surface area contributed by atoms with Gasteiger partial charge in [-0.1, -0.05) is 54.6 Å². The Morgan fingerprint density at radius 2 is 1.35 bits per heavy atom. The lowest BCUT2D eigenvalue weighted by Gasteiger charge is -2.36. The molecule has 0 unspecified atom stereocenters. The van der Waals surface area contributed by atoms with Gasteiger partial charge in [0.05, 0.1) is 33.5 Å². The van der Waals surface area contributed by atoms with Crippen LogP contribution in [0.1, 0.15) is 22.3 Å². The number of hydrogen-bond donors (Lipinski definition) is 2. The lowest BCUT2D eigenvalue weighted by molar-refractivity contribution is -0.0426. The average Bonchev–Trinajstić information content (AvgIpc) is 2.93. The third kappa shape index (κ3) is 5.50. The highest BCUT2D eigenvalue weighted by Gasteiger charge is 2.38. The van der Waals surface area contributed by atoms with E-state index in [1.54, 1.807) is 21.1 Å². The number of hydrogen-bond acceptors (Lipinski definition) is 6. The second kappa shape index (κ2) is 11.3. The van der Waals surface area contributed by atoms with E-state index in [9.17, 15) is 14.7 Å². The summed E-state index contributed by atoms with van der Waals surface area (Å²) in [6.45, 7) is 1.45. The number of aliphatic hydroxyl groups excluding tert-OH is 1. The van der Waals surface area contributed by atoms with Crippen molar-refractivity contribution in [1.29, 1.82) is 0 Å². The van der Waals surface area contributed by atoms with Gasteiger partial charge in [-0.15, -0.1) is 0 Å². The molecule has 37 heavy (non-hydrogen) atoms. The Morgan fingerprint density at radius 3 is 1.86 bits per heavy atom. The van der Waals surface area contributed by atoms with Crippen LogP contribution in [0.2, 0.25) is 0 Å². The topological polar surface area (TPSA) is 103 Å². The Morgan fingerprint density at radius 1 is 0.838 bits per heavy atom. The molecular formula is C29H30N2O6. The van der Waals surface area contributed by atoms with E-state index in [1.807, 2.05) is 78.9 Å². The monoisotopic (exact) mass is 502 g/mol. The van der Waals surface area contributed by atoms with Crippen molar-refractivity contribution in [3.8, 4) is 11.5 Å². The summed E-state index contributed by atoms with van der Waals surface area (Å²) in [5.74, 6) is 1.40. The number of aliphatic hydroxyl groups is 1. The van der Waals surface area contributed by atoms with E-state index in [4.69, 9.17) is 14.2 Å². The highest BCUT2D eigenvalue weighted by atomic mass is 16.5. The summed E-state index contributed by atoms with van der Waals surface area (Å²) < 4.78 is 18.6. The molecule has 2 N–H and O–H groups in total. The molecule has 0 saturated carbocycles. The zero-order valence-corrected chi connectivity index (χ0v) is 21.0. The normalized spacial score (nSPS) is 12.2. The summed E-state index contributed by atoms with van der Waals surface area (Å²) >= 11 is 0. The largest absolute Gasteiger partial charge is 0.497 e. The Bertz CT molecular complexity index is 1380. The van der Waals surface area contributed by atoms with Gasteiger partial charge < -0.3 is 19.3 Å². The molecule has 1 heterocycles. The number of benzene rings is 3. The minimum atomic E-state index is -1.09. The summed E-state index contributed by atoms with van der Waals surface area (Å²) in [5.41, 5.74) is 0.760. The molecule has 0 fully saturated rings. The van der Waals surface area contributed by atoms with Crippen molar-refractivity contribution >= 4 is 0 Å². The summed E-state index contributed by atoms with van der Waals surface area (Å²) in [4.78, 5) is 26.2. The van der Waals surface area contributed by atoms with Crippen molar-refractivity contribution in [2.45, 2.75) is 25.2 Å². The van der Waals surface area contributed by atoms with Gasteiger partial charge in [0.25, 0.3) is 5.56 Å². The molecule has 8 heteroatoms. The predicted molar refractivity (Wildman–Crippen MR) is 140 cm³/mol. The molecule has 4 aromatic rings. The van der Waals surface area contributed by atoms with E-state index in [2.05, 4.69) is 4.98 Å². The maximum absolute atomic E-state index is 12.2. The van der Waals surface area contributed by atoms with Crippen LogP contribution >= 0.6 is 0 Å². The van der Waals surface area contributed by atoms with E-state index in [-0.39, 0.29) is 13.2 Å². The van der Waals surface area contributed by atoms with Crippen LogP contribution < -0.4 is 20.7 Å². The van der Waals surface area contributed by atoms with Crippen molar-refractivity contribution in [3.05, 3.63) is 128 Å². The molecule has 0 radical (unpaired) electrons. The zero-order chi connectivity index (χ0) is 26.4. The molecule has 1 aromatic heterocycles. The number of rotatable bonds is 10. The van der Waals surface area contributed by atoms with Crippen molar-refractivity contribution in [2.75, 3.05) is 20.8 Å². The Labute approximate surface area is 214 Å². The molecule has 0 spiro atoms. The van der Waals surface area contributed by atoms with Gasteiger partial charge in [-0.25, -0.2) is 4.79 Å². The third-order valence-electron chi connectivity index (χ3n) is 6.26. The van der Waals surface area contributed by atoms with Crippen molar-refractivity contribution in [1.82, 2.24) is 9.55 Å². The zero-order valence-electron chi connectivity index (χ0n) is 21.0. The van der Waals surface area contributed by atoms with Crippen LogP contribution in [0.25, 0.3) is 0 Å². The van der Waals surface area contributed by atoms with E-state index in [1.165, 1.54) is 10.8 Å². The molecule has 0 aliphatic carbocycles. The number of nitrogens with one attached hydrogen (secondary N) is 1. The standard InChI is InChI=1S/C29H30N2O6/c1-20-17-31(28(34)30-27(20)33)18-24(32)19-37-29(21-7-5-4-6-8-21,22-9-13-25(35-2)14-10-22)23-11-15-26(36-3)16-12-23/h4-17,24,32H,18-19H2,1-3H3,(H,30,33,34)/t24-/m1/s1. The Hall–Kier alpha value is -4.14. The minimum Gasteiger partial charge on any atom is -0.497 e. The van der Waals surface area contributed by atoms with E-state index >= 15 is 0 Å². The van der Waals surface area contributed by atoms with Crippen LogP contribution in [-0.4, -0.2) is 41.6 Å². The first-order chi connectivity index (χ1) is 17.9. The molecular weight excluding hydrogens is 472 g/mol. The third-order valence-corrected chi connectivity index (χ3v) is 6.26. The number of nitrogens with zero attached hydrogens (tertiary/aromatic N) is 1. The SMILES string of the molecule is COc1ccc(C(OC[C@H](O)Cn2cc(C)c(=O)[nH]c2=O)(c2ccccc2)c2ccc(OC)cc2)cc1. The molecule has 1 atom stereocenters. The predicted octanol–water partition coefficient (Wildman–Crippen LogP) is 3.23. The van der Waals surface area contributed by atoms with E-state index < -0.39 is 23.0 Å². The number of aromatic nitrogens is 2. The second-order valence-electron chi connectivity index (χ2n) is 8.69. The molecule has 8 nitrogen and oxygen atoms in total. The highest BCUT2D eigenvalue weighted by Crippen LogP contribution is 2.41. The molecule has 3 aromatic carbocycles. The molecule has 0 bridgehead atoms. The number of methoxy groups -OCH3 is 2. The average molecular weight is 503 g/mol. The fraction of sp³-hybridized carbons (Fsp3) is 0.241. The van der Waals surface area contributed by atoms with Crippen LogP contribution in [0.5, 0.6) is 11.5 Å². The summed E-state index contributed by atoms with van der Waals surface area (Å²) in [5, 5.41) is 10.9. The van der Waals surface area contributed by atoms with Gasteiger partial charge in [0.1, 0.15) is 17.1 Å². The van der Waals surface area contributed by atoms with Crippen molar-refractivity contribution in [2.24, 2.45) is 0 Å². The lowest BCUT2D eigenvalue weighted by atomic mass is 9.80. The molecule has 0 aliphatic rings. The molecule has 0 saturated heterocycles. The van der Waals surface area contributed by atoms with Crippen LogP contribution in [0.3, 0.4) is 0 Å². The van der Waals surface area contributed by atoms with Crippen LogP contribution in [0, 0.1) is 6.92 Å². The first kappa shape index (κ1) is 25.9. The van der Waals surface area contributed by atoms with Gasteiger partial charge in [-0.05, 0) is 47.9 Å². The van der Waals surface area contributed by atoms with Crippen molar-refractivity contribution < 1.29 is 19.3 Å². The Kier molecular flexibility index (Phi) is 7.91. The first-order valence-corrected chi connectivity index (χ1v) is 11.8. The smallest absolute Gasteiger partial charge is 0.328 e. The molecule has 0 aliphatic heterocycles. The molecule has 0 amide bonds. The second-order valence-corrected chi connectivity index (χ2v) is 8.69. The number of aromatic amines is 1. The number of ether oxygens (including phenoxy) is 3. The van der Waals surface area contributed by atoms with Crippen LogP contribution in [0.4, 0.5) is 0 Å².